The van der Waals surface area contributed by atoms with E-state index in [1.165, 1.54) is 6.08 Å². The van der Waals surface area contributed by atoms with E-state index in [-0.39, 0.29) is 5.57 Å². The summed E-state index contributed by atoms with van der Waals surface area (Å²) >= 11 is 14.4. The van der Waals surface area contributed by atoms with Gasteiger partial charge in [-0.1, -0.05) is 41.4 Å². The first kappa shape index (κ1) is 22.2. The van der Waals surface area contributed by atoms with Crippen molar-refractivity contribution < 1.29 is 9.53 Å². The molecule has 0 aromatic heterocycles. The van der Waals surface area contributed by atoms with Crippen LogP contribution >= 0.6 is 45.8 Å². The molecule has 0 saturated heterocycles. The van der Waals surface area contributed by atoms with Crippen molar-refractivity contribution in [3.63, 3.8) is 0 Å². The number of nitrogens with zero attached hydrogens (tertiary/aromatic N) is 1. The summed E-state index contributed by atoms with van der Waals surface area (Å²) in [6.07, 6.45) is 1.47. The van der Waals surface area contributed by atoms with Crippen LogP contribution in [0.3, 0.4) is 0 Å². The summed E-state index contributed by atoms with van der Waals surface area (Å²) in [5.41, 5.74) is 2.14. The second-order valence-corrected chi connectivity index (χ2v) is 8.33. The Morgan fingerprint density at radius 2 is 1.77 bits per heavy atom. The van der Waals surface area contributed by atoms with Gasteiger partial charge >= 0.3 is 0 Å². The average Bonchev–Trinajstić information content (AvgIpc) is 2.74. The van der Waals surface area contributed by atoms with Crippen molar-refractivity contribution in [2.75, 3.05) is 5.32 Å². The van der Waals surface area contributed by atoms with Gasteiger partial charge in [-0.25, -0.2) is 0 Å². The normalized spacial score (nSPS) is 10.9. The maximum absolute atomic E-state index is 12.4. The lowest BCUT2D eigenvalue weighted by molar-refractivity contribution is -0.112. The smallest absolute Gasteiger partial charge is 0.266 e. The first-order chi connectivity index (χ1) is 14.4. The zero-order valence-electron chi connectivity index (χ0n) is 15.5. The van der Waals surface area contributed by atoms with Crippen LogP contribution in [0, 0.1) is 14.9 Å². The van der Waals surface area contributed by atoms with Gasteiger partial charge in [0.05, 0.1) is 5.02 Å². The topological polar surface area (TPSA) is 62.1 Å². The van der Waals surface area contributed by atoms with Crippen molar-refractivity contribution in [1.29, 1.82) is 5.26 Å². The Morgan fingerprint density at radius 1 is 1.07 bits per heavy atom. The van der Waals surface area contributed by atoms with Gasteiger partial charge in [-0.3, -0.25) is 4.79 Å². The van der Waals surface area contributed by atoms with Crippen LogP contribution in [0.25, 0.3) is 6.08 Å². The van der Waals surface area contributed by atoms with Gasteiger partial charge in [-0.15, -0.1) is 0 Å². The van der Waals surface area contributed by atoms with Crippen molar-refractivity contribution >= 4 is 63.5 Å². The molecule has 0 unspecified atom stereocenters. The van der Waals surface area contributed by atoms with Crippen molar-refractivity contribution in [1.82, 2.24) is 0 Å². The third-order valence-corrected chi connectivity index (χ3v) is 5.31. The minimum atomic E-state index is -0.519. The molecule has 1 N–H and O–H groups in total. The Hall–Kier alpha value is -2.53. The molecule has 0 bridgehead atoms. The number of carbonyl (C=O) groups excluding carboxylic acids is 1. The molecule has 0 aliphatic heterocycles. The number of nitriles is 1. The summed E-state index contributed by atoms with van der Waals surface area (Å²) in [6, 6.07) is 21.6. The van der Waals surface area contributed by atoms with Crippen molar-refractivity contribution in [2.24, 2.45) is 0 Å². The Morgan fingerprint density at radius 3 is 2.40 bits per heavy atom. The molecule has 0 spiro atoms. The van der Waals surface area contributed by atoms with Crippen LogP contribution < -0.4 is 10.1 Å². The number of hydrogen-bond donors (Lipinski definition) is 1. The Kier molecular flexibility index (Phi) is 7.75. The molecule has 3 aromatic rings. The number of halogens is 3. The fraction of sp³-hybridized carbons (Fsp3) is 0.0435. The molecule has 0 saturated carbocycles. The average molecular weight is 549 g/mol. The molecule has 0 fully saturated rings. The fourth-order valence-corrected chi connectivity index (χ4v) is 3.24. The number of amides is 1. The lowest BCUT2D eigenvalue weighted by Crippen LogP contribution is -2.13. The van der Waals surface area contributed by atoms with Gasteiger partial charge in [0, 0.05) is 14.3 Å². The summed E-state index contributed by atoms with van der Waals surface area (Å²) in [4.78, 5) is 12.4. The molecule has 3 aromatic carbocycles. The molecule has 3 rings (SSSR count). The second-order valence-electron chi connectivity index (χ2n) is 6.24. The molecular formula is C23H15Cl2IN2O2. The lowest BCUT2D eigenvalue weighted by Gasteiger charge is -2.09. The lowest BCUT2D eigenvalue weighted by atomic mass is 10.1. The quantitative estimate of drug-likeness (QED) is 0.211. The van der Waals surface area contributed by atoms with Gasteiger partial charge in [-0.2, -0.15) is 5.26 Å². The minimum absolute atomic E-state index is 0.0476. The molecule has 1 amide bonds. The minimum Gasteiger partial charge on any atom is -0.487 e. The van der Waals surface area contributed by atoms with E-state index in [0.29, 0.717) is 33.7 Å². The Labute approximate surface area is 198 Å². The molecule has 4 nitrogen and oxygen atoms in total. The van der Waals surface area contributed by atoms with E-state index in [1.807, 2.05) is 30.3 Å². The number of benzene rings is 3. The molecule has 150 valence electrons. The van der Waals surface area contributed by atoms with E-state index in [9.17, 15) is 10.1 Å². The van der Waals surface area contributed by atoms with Gasteiger partial charge in [0.1, 0.15) is 24.0 Å². The zero-order chi connectivity index (χ0) is 21.5. The van der Waals surface area contributed by atoms with Crippen LogP contribution in [0.2, 0.25) is 10.0 Å². The van der Waals surface area contributed by atoms with Crippen LogP contribution in [-0.4, -0.2) is 5.91 Å². The highest BCUT2D eigenvalue weighted by molar-refractivity contribution is 14.1. The summed E-state index contributed by atoms with van der Waals surface area (Å²) in [7, 11) is 0. The maximum Gasteiger partial charge on any atom is 0.266 e. The third kappa shape index (κ3) is 6.23. The van der Waals surface area contributed by atoms with Crippen LogP contribution in [-0.2, 0) is 11.4 Å². The molecule has 0 radical (unpaired) electrons. The van der Waals surface area contributed by atoms with Crippen LogP contribution in [0.1, 0.15) is 11.1 Å². The number of carbonyl (C=O) groups is 1. The van der Waals surface area contributed by atoms with Crippen LogP contribution in [0.5, 0.6) is 5.75 Å². The van der Waals surface area contributed by atoms with E-state index in [0.717, 1.165) is 9.13 Å². The molecular weight excluding hydrogens is 534 g/mol. The van der Waals surface area contributed by atoms with E-state index in [4.69, 9.17) is 27.9 Å². The van der Waals surface area contributed by atoms with Crippen LogP contribution in [0.15, 0.2) is 72.3 Å². The Balaban J connectivity index is 1.69. The van der Waals surface area contributed by atoms with Gasteiger partial charge in [0.2, 0.25) is 0 Å². The van der Waals surface area contributed by atoms with E-state index in [2.05, 4.69) is 27.9 Å². The number of anilines is 1. The number of nitrogens with one attached hydrogen (secondary N) is 1. The van der Waals surface area contributed by atoms with Gasteiger partial charge < -0.3 is 10.1 Å². The molecule has 7 heteroatoms. The highest BCUT2D eigenvalue weighted by atomic mass is 127. The van der Waals surface area contributed by atoms with E-state index < -0.39 is 5.91 Å². The number of rotatable bonds is 6. The highest BCUT2D eigenvalue weighted by Gasteiger charge is 2.11. The summed E-state index contributed by atoms with van der Waals surface area (Å²) < 4.78 is 6.93. The zero-order valence-corrected chi connectivity index (χ0v) is 19.2. The van der Waals surface area contributed by atoms with Crippen molar-refractivity contribution in [3.8, 4) is 11.8 Å². The molecule has 0 atom stereocenters. The van der Waals surface area contributed by atoms with Crippen molar-refractivity contribution in [2.45, 2.75) is 6.61 Å². The third-order valence-electron chi connectivity index (χ3n) is 4.04. The molecule has 0 heterocycles. The molecule has 0 aliphatic carbocycles. The number of ether oxygens (including phenoxy) is 1. The molecule has 30 heavy (non-hydrogen) atoms. The number of hydrogen-bond acceptors (Lipinski definition) is 3. The van der Waals surface area contributed by atoms with Gasteiger partial charge in [0.25, 0.3) is 5.91 Å². The molecule has 0 aliphatic rings. The predicted octanol–water partition coefficient (Wildman–Crippen LogP) is 6.72. The van der Waals surface area contributed by atoms with Gasteiger partial charge in [-0.05, 0) is 88.3 Å². The summed E-state index contributed by atoms with van der Waals surface area (Å²) in [5, 5.41) is 13.0. The summed E-state index contributed by atoms with van der Waals surface area (Å²) in [5.74, 6) is 0.00599. The first-order valence-electron chi connectivity index (χ1n) is 8.80. The largest absolute Gasteiger partial charge is 0.487 e. The fourth-order valence-electron chi connectivity index (χ4n) is 2.51. The monoisotopic (exact) mass is 548 g/mol. The van der Waals surface area contributed by atoms with Gasteiger partial charge in [0.15, 0.2) is 0 Å². The van der Waals surface area contributed by atoms with E-state index >= 15 is 0 Å². The highest BCUT2D eigenvalue weighted by Crippen LogP contribution is 2.27. The SMILES string of the molecule is N#C/C(=C\c1ccc(OCc2ccc(I)cc2)c(Cl)c1)C(=O)Nc1ccc(Cl)cc1. The summed E-state index contributed by atoms with van der Waals surface area (Å²) in [6.45, 7) is 0.388. The van der Waals surface area contributed by atoms with Crippen molar-refractivity contribution in [3.05, 3.63) is 97.0 Å². The Bertz CT molecular complexity index is 1120. The van der Waals surface area contributed by atoms with Crippen LogP contribution in [0.4, 0.5) is 5.69 Å². The standard InChI is InChI=1S/C23H15Cl2IN2O2/c24-18-4-8-20(9-5-18)28-23(29)17(13-27)11-16-3-10-22(21(25)12-16)30-14-15-1-6-19(26)7-2-15/h1-12H,14H2,(H,28,29)/b17-11+. The first-order valence-corrected chi connectivity index (χ1v) is 10.6. The predicted molar refractivity (Wildman–Crippen MR) is 129 cm³/mol. The second kappa shape index (κ2) is 10.5. The maximum atomic E-state index is 12.4. The van der Waals surface area contributed by atoms with E-state index in [1.54, 1.807) is 42.5 Å².